The Morgan fingerprint density at radius 2 is 2.00 bits per heavy atom. The van der Waals surface area contributed by atoms with Gasteiger partial charge in [0.15, 0.2) is 11.5 Å². The second-order valence-corrected chi connectivity index (χ2v) is 10.3. The summed E-state index contributed by atoms with van der Waals surface area (Å²) in [5, 5.41) is 31.7. The molecular weight excluding hydrogens is 414 g/mol. The Kier molecular flexibility index (Phi) is 4.31. The normalized spacial score (nSPS) is 38.7. The summed E-state index contributed by atoms with van der Waals surface area (Å²) in [7, 11) is 0. The molecule has 4 N–H and O–H groups in total. The lowest BCUT2D eigenvalue weighted by Crippen LogP contribution is -2.56. The molecule has 6 rings (SSSR count). The lowest BCUT2D eigenvalue weighted by Gasteiger charge is -2.55. The van der Waals surface area contributed by atoms with Crippen LogP contribution in [0.2, 0.25) is 0 Å². The Hall–Kier alpha value is -2.87. The first-order valence-corrected chi connectivity index (χ1v) is 11.0. The average Bonchev–Trinajstić information content (AvgIpc) is 3.08. The van der Waals surface area contributed by atoms with Crippen molar-refractivity contribution < 1.29 is 34.4 Å². The molecule has 3 aliphatic carbocycles. The average molecular weight is 441 g/mol. The van der Waals surface area contributed by atoms with E-state index in [-0.39, 0.29) is 47.4 Å². The van der Waals surface area contributed by atoms with Gasteiger partial charge in [0.05, 0.1) is 11.7 Å². The number of allylic oxidation sites excluding steroid dienone is 2. The molecule has 4 fully saturated rings. The minimum atomic E-state index is -1.38. The summed E-state index contributed by atoms with van der Waals surface area (Å²) in [4.78, 5) is 37.0. The molecule has 2 heterocycles. The van der Waals surface area contributed by atoms with Gasteiger partial charge in [0.2, 0.25) is 5.91 Å². The number of nitrogens with one attached hydrogen (secondary N) is 1. The summed E-state index contributed by atoms with van der Waals surface area (Å²) in [6.45, 7) is 4.08. The number of aromatic carboxylic acids is 1. The van der Waals surface area contributed by atoms with E-state index in [1.54, 1.807) is 6.08 Å². The SMILES string of the molecule is CC12C[C@]34C=CC(=O)[C@@](C)(CCC(=O)Nc5c(O)ccc(C(=O)O)c5O)C3C(C[C@H]1C4)O2. The van der Waals surface area contributed by atoms with Crippen LogP contribution in [0.15, 0.2) is 24.3 Å². The maximum atomic E-state index is 13.1. The van der Waals surface area contributed by atoms with E-state index in [2.05, 4.69) is 18.3 Å². The molecule has 1 aromatic rings. The van der Waals surface area contributed by atoms with Gasteiger partial charge in [-0.2, -0.15) is 0 Å². The van der Waals surface area contributed by atoms with Crippen molar-refractivity contribution in [2.24, 2.45) is 22.7 Å². The van der Waals surface area contributed by atoms with Crippen molar-refractivity contribution in [2.75, 3.05) is 5.32 Å². The quantitative estimate of drug-likeness (QED) is 0.516. The second kappa shape index (κ2) is 6.57. The third kappa shape index (κ3) is 2.75. The summed E-state index contributed by atoms with van der Waals surface area (Å²) >= 11 is 0. The molecule has 8 nitrogen and oxygen atoms in total. The first-order valence-electron chi connectivity index (χ1n) is 11.0. The fraction of sp³-hybridized carbons (Fsp3) is 0.542. The highest BCUT2D eigenvalue weighted by atomic mass is 16.5. The molecule has 4 bridgehead atoms. The highest BCUT2D eigenvalue weighted by Gasteiger charge is 2.71. The van der Waals surface area contributed by atoms with Crippen LogP contribution in [0.5, 0.6) is 11.5 Å². The molecule has 0 radical (unpaired) electrons. The van der Waals surface area contributed by atoms with Crippen molar-refractivity contribution in [1.82, 2.24) is 0 Å². The molecule has 1 amide bonds. The topological polar surface area (TPSA) is 133 Å². The predicted octanol–water partition coefficient (Wildman–Crippen LogP) is 3.23. The van der Waals surface area contributed by atoms with E-state index in [0.717, 1.165) is 31.4 Å². The van der Waals surface area contributed by atoms with E-state index in [9.17, 15) is 24.6 Å². The van der Waals surface area contributed by atoms with Crippen molar-refractivity contribution in [2.45, 2.75) is 57.7 Å². The van der Waals surface area contributed by atoms with E-state index in [1.807, 2.05) is 6.92 Å². The summed E-state index contributed by atoms with van der Waals surface area (Å²) in [5.74, 6) is -2.55. The molecule has 2 saturated carbocycles. The Bertz CT molecular complexity index is 1080. The summed E-state index contributed by atoms with van der Waals surface area (Å²) in [5.41, 5.74) is -1.75. The first kappa shape index (κ1) is 21.0. The van der Waals surface area contributed by atoms with Crippen molar-refractivity contribution >= 4 is 23.3 Å². The van der Waals surface area contributed by atoms with Crippen LogP contribution in [-0.4, -0.2) is 44.7 Å². The molecule has 5 aliphatic rings. The Balaban J connectivity index is 1.36. The van der Waals surface area contributed by atoms with Crippen LogP contribution in [0.4, 0.5) is 5.69 Å². The van der Waals surface area contributed by atoms with Crippen molar-refractivity contribution in [3.05, 3.63) is 29.8 Å². The van der Waals surface area contributed by atoms with Gasteiger partial charge in [-0.1, -0.05) is 13.0 Å². The molecule has 3 unspecified atom stereocenters. The standard InChI is InChI=1S/C24H27NO7/c1-22(7-6-17(28)25-18-14(26)4-3-13(19(18)29)21(30)31)16(27)5-8-24-10-12-9-15(20(22)24)32-23(12,2)11-24/h3-5,8,12,15,20,26,29H,6-7,9-11H2,1-2H3,(H,25,28)(H,30,31)/t12-,15?,20?,22+,23?,24+/m0/s1. The number of carbonyl (C=O) groups is 3. The zero-order valence-corrected chi connectivity index (χ0v) is 18.1. The number of carboxylic acids is 1. The molecule has 6 atom stereocenters. The fourth-order valence-corrected chi connectivity index (χ4v) is 7.09. The number of phenolic OH excluding ortho intramolecular Hbond substituents is 1. The number of phenols is 2. The molecular formula is C24H27NO7. The largest absolute Gasteiger partial charge is 0.506 e. The number of ketones is 1. The van der Waals surface area contributed by atoms with Crippen molar-refractivity contribution in [3.63, 3.8) is 0 Å². The van der Waals surface area contributed by atoms with Gasteiger partial charge in [0.25, 0.3) is 0 Å². The third-order valence-corrected chi connectivity index (χ3v) is 8.44. The lowest BCUT2D eigenvalue weighted by molar-refractivity contribution is -0.169. The van der Waals surface area contributed by atoms with Gasteiger partial charge >= 0.3 is 5.97 Å². The van der Waals surface area contributed by atoms with Crippen molar-refractivity contribution in [1.29, 1.82) is 0 Å². The Morgan fingerprint density at radius 3 is 2.69 bits per heavy atom. The maximum Gasteiger partial charge on any atom is 0.339 e. The van der Waals surface area contributed by atoms with Crippen LogP contribution in [0.3, 0.4) is 0 Å². The van der Waals surface area contributed by atoms with Gasteiger partial charge in [-0.3, -0.25) is 9.59 Å². The number of rotatable bonds is 5. The van der Waals surface area contributed by atoms with Crippen LogP contribution in [0.25, 0.3) is 0 Å². The smallest absolute Gasteiger partial charge is 0.339 e. The van der Waals surface area contributed by atoms with Crippen LogP contribution in [0.1, 0.15) is 56.3 Å². The lowest BCUT2D eigenvalue weighted by atomic mass is 9.51. The molecule has 8 heteroatoms. The highest BCUT2D eigenvalue weighted by Crippen LogP contribution is 2.71. The van der Waals surface area contributed by atoms with Crippen LogP contribution in [0, 0.1) is 22.7 Å². The van der Waals surface area contributed by atoms with Gasteiger partial charge in [-0.05, 0) is 62.1 Å². The third-order valence-electron chi connectivity index (χ3n) is 8.44. The number of carboxylic acid groups (broad SMARTS) is 1. The zero-order valence-electron chi connectivity index (χ0n) is 18.1. The van der Waals surface area contributed by atoms with Crippen LogP contribution in [-0.2, 0) is 14.3 Å². The van der Waals surface area contributed by atoms with Crippen LogP contribution < -0.4 is 5.32 Å². The highest BCUT2D eigenvalue weighted by molar-refractivity contribution is 6.00. The number of ether oxygens (including phenoxy) is 1. The number of aromatic hydroxyl groups is 2. The number of amides is 1. The number of hydrogen-bond donors (Lipinski definition) is 4. The maximum absolute atomic E-state index is 13.1. The predicted molar refractivity (Wildman–Crippen MR) is 113 cm³/mol. The molecule has 2 aliphatic heterocycles. The van der Waals surface area contributed by atoms with Gasteiger partial charge in [-0.25, -0.2) is 4.79 Å². The van der Waals surface area contributed by atoms with Gasteiger partial charge in [0, 0.05) is 17.8 Å². The number of anilines is 1. The summed E-state index contributed by atoms with van der Waals surface area (Å²) < 4.78 is 6.41. The van der Waals surface area contributed by atoms with E-state index >= 15 is 0 Å². The number of benzene rings is 1. The van der Waals surface area contributed by atoms with E-state index < -0.39 is 34.4 Å². The van der Waals surface area contributed by atoms with Gasteiger partial charge < -0.3 is 25.4 Å². The minimum Gasteiger partial charge on any atom is -0.506 e. The van der Waals surface area contributed by atoms with E-state index in [0.29, 0.717) is 5.92 Å². The first-order chi connectivity index (χ1) is 15.0. The fourth-order valence-electron chi connectivity index (χ4n) is 7.09. The van der Waals surface area contributed by atoms with Gasteiger partial charge in [0.1, 0.15) is 17.0 Å². The van der Waals surface area contributed by atoms with Gasteiger partial charge in [-0.15, -0.1) is 0 Å². The monoisotopic (exact) mass is 441 g/mol. The minimum absolute atomic E-state index is 0.00395. The molecule has 1 aromatic carbocycles. The molecule has 0 aromatic heterocycles. The summed E-state index contributed by atoms with van der Waals surface area (Å²) in [6.07, 6.45) is 6.86. The molecule has 170 valence electrons. The molecule has 1 spiro atoms. The Labute approximate surface area is 185 Å². The Morgan fingerprint density at radius 1 is 1.25 bits per heavy atom. The number of carbonyl (C=O) groups excluding carboxylic acids is 2. The second-order valence-electron chi connectivity index (χ2n) is 10.3. The molecule has 2 saturated heterocycles. The van der Waals surface area contributed by atoms with Crippen LogP contribution >= 0.6 is 0 Å². The summed E-state index contributed by atoms with van der Waals surface area (Å²) in [6, 6.07) is 2.16. The van der Waals surface area contributed by atoms with E-state index in [4.69, 9.17) is 9.84 Å². The number of hydrogen-bond acceptors (Lipinski definition) is 6. The molecule has 32 heavy (non-hydrogen) atoms. The van der Waals surface area contributed by atoms with Crippen molar-refractivity contribution in [3.8, 4) is 11.5 Å². The van der Waals surface area contributed by atoms with E-state index in [1.165, 1.54) is 0 Å². The zero-order chi connectivity index (χ0) is 23.1.